The summed E-state index contributed by atoms with van der Waals surface area (Å²) in [5.41, 5.74) is 1.51. The summed E-state index contributed by atoms with van der Waals surface area (Å²) in [5, 5.41) is 18.1. The molecule has 0 atom stereocenters. The lowest BCUT2D eigenvalue weighted by Crippen LogP contribution is -2.29. The summed E-state index contributed by atoms with van der Waals surface area (Å²) in [7, 11) is -1.40. The van der Waals surface area contributed by atoms with Crippen molar-refractivity contribution < 1.29 is 14.8 Å². The highest BCUT2D eigenvalue weighted by Gasteiger charge is 2.15. The van der Waals surface area contributed by atoms with Gasteiger partial charge < -0.3 is 14.8 Å². The lowest BCUT2D eigenvalue weighted by Gasteiger charge is -2.10. The molecule has 0 heterocycles. The zero-order chi connectivity index (χ0) is 12.1. The van der Waals surface area contributed by atoms with E-state index in [-0.39, 0.29) is 0 Å². The maximum absolute atomic E-state index is 9.06. The molecular weight excluding hydrogens is 215 g/mol. The van der Waals surface area contributed by atoms with E-state index in [4.69, 9.17) is 14.8 Å². The van der Waals surface area contributed by atoms with E-state index >= 15 is 0 Å². The average molecular weight is 234 g/mol. The van der Waals surface area contributed by atoms with Gasteiger partial charge in [0.25, 0.3) is 0 Å². The van der Waals surface area contributed by atoms with Gasteiger partial charge in [0.2, 0.25) is 0 Å². The minimum absolute atomic E-state index is 0.520. The molecule has 0 bridgehead atoms. The fraction of sp³-hybridized carbons (Fsp3) is 0.538. The predicted molar refractivity (Wildman–Crippen MR) is 67.9 cm³/mol. The van der Waals surface area contributed by atoms with Crippen LogP contribution in [0.3, 0.4) is 0 Å². The van der Waals surface area contributed by atoms with Crippen molar-refractivity contribution >= 4 is 12.6 Å². The fourth-order valence-electron chi connectivity index (χ4n) is 2.36. The lowest BCUT2D eigenvalue weighted by molar-refractivity contribution is 0.0889. The molecule has 2 rings (SSSR count). The zero-order valence-corrected chi connectivity index (χ0v) is 10.0. The van der Waals surface area contributed by atoms with Gasteiger partial charge in [-0.3, -0.25) is 0 Å². The van der Waals surface area contributed by atoms with Crippen LogP contribution in [0.4, 0.5) is 0 Å². The van der Waals surface area contributed by atoms with Gasteiger partial charge in [-0.2, -0.15) is 0 Å². The summed E-state index contributed by atoms with van der Waals surface area (Å²) in [4.78, 5) is 0. The SMILES string of the molecule is OB(O)c1cccc(COCC2CCCC2)c1. The summed E-state index contributed by atoms with van der Waals surface area (Å²) in [5.74, 6) is 0.724. The first-order valence-electron chi connectivity index (χ1n) is 6.28. The van der Waals surface area contributed by atoms with Crippen LogP contribution >= 0.6 is 0 Å². The molecule has 0 radical (unpaired) electrons. The molecule has 2 N–H and O–H groups in total. The Balaban J connectivity index is 1.79. The van der Waals surface area contributed by atoms with Gasteiger partial charge in [-0.15, -0.1) is 0 Å². The molecule has 0 unspecified atom stereocenters. The average Bonchev–Trinajstić information content (AvgIpc) is 2.82. The molecule has 1 aromatic rings. The Hall–Kier alpha value is -0.835. The van der Waals surface area contributed by atoms with Crippen molar-refractivity contribution in [2.45, 2.75) is 32.3 Å². The van der Waals surface area contributed by atoms with Crippen LogP contribution < -0.4 is 5.46 Å². The van der Waals surface area contributed by atoms with Crippen LogP contribution in [-0.4, -0.2) is 23.8 Å². The standard InChI is InChI=1S/C13H19BO3/c15-14(16)13-7-3-6-12(8-13)10-17-9-11-4-1-2-5-11/h3,6-8,11,15-16H,1-2,4-5,9-10H2. The topological polar surface area (TPSA) is 49.7 Å². The third kappa shape index (κ3) is 3.84. The van der Waals surface area contributed by atoms with Crippen molar-refractivity contribution in [3.8, 4) is 0 Å². The van der Waals surface area contributed by atoms with Gasteiger partial charge in [0.1, 0.15) is 0 Å². The summed E-state index contributed by atoms with van der Waals surface area (Å²) >= 11 is 0. The zero-order valence-electron chi connectivity index (χ0n) is 10.0. The van der Waals surface area contributed by atoms with Crippen LogP contribution in [0.15, 0.2) is 24.3 Å². The number of hydrogen-bond acceptors (Lipinski definition) is 3. The molecule has 1 aliphatic rings. The van der Waals surface area contributed by atoms with E-state index in [0.717, 1.165) is 18.1 Å². The Morgan fingerprint density at radius 2 is 2.00 bits per heavy atom. The first-order valence-corrected chi connectivity index (χ1v) is 6.28. The highest BCUT2D eigenvalue weighted by Crippen LogP contribution is 2.24. The molecule has 0 aliphatic heterocycles. The lowest BCUT2D eigenvalue weighted by atomic mass is 9.80. The van der Waals surface area contributed by atoms with Crippen LogP contribution in [0.25, 0.3) is 0 Å². The van der Waals surface area contributed by atoms with Crippen molar-refractivity contribution in [2.24, 2.45) is 5.92 Å². The van der Waals surface area contributed by atoms with Crippen LogP contribution in [0.5, 0.6) is 0 Å². The second kappa shape index (κ2) is 6.19. The summed E-state index contributed by atoms with van der Waals surface area (Å²) in [6.07, 6.45) is 5.24. The van der Waals surface area contributed by atoms with Crippen molar-refractivity contribution in [3.63, 3.8) is 0 Å². The first-order chi connectivity index (χ1) is 8.25. The maximum Gasteiger partial charge on any atom is 0.488 e. The molecule has 1 aromatic carbocycles. The van der Waals surface area contributed by atoms with Gasteiger partial charge in [0, 0.05) is 6.61 Å². The van der Waals surface area contributed by atoms with E-state index in [1.54, 1.807) is 12.1 Å². The molecule has 0 saturated heterocycles. The van der Waals surface area contributed by atoms with E-state index in [9.17, 15) is 0 Å². The highest BCUT2D eigenvalue weighted by molar-refractivity contribution is 6.58. The van der Waals surface area contributed by atoms with Crippen molar-refractivity contribution in [1.29, 1.82) is 0 Å². The maximum atomic E-state index is 9.06. The Morgan fingerprint density at radius 1 is 1.24 bits per heavy atom. The molecule has 1 saturated carbocycles. The third-order valence-corrected chi connectivity index (χ3v) is 3.35. The number of benzene rings is 1. The Labute approximate surface area is 103 Å². The molecule has 1 aliphatic carbocycles. The van der Waals surface area contributed by atoms with Crippen LogP contribution in [-0.2, 0) is 11.3 Å². The number of rotatable bonds is 5. The molecule has 3 nitrogen and oxygen atoms in total. The van der Waals surface area contributed by atoms with Crippen LogP contribution in [0, 0.1) is 5.92 Å². The quantitative estimate of drug-likeness (QED) is 0.749. The molecule has 17 heavy (non-hydrogen) atoms. The number of ether oxygens (including phenoxy) is 1. The minimum Gasteiger partial charge on any atom is -0.423 e. The second-order valence-electron chi connectivity index (χ2n) is 4.78. The van der Waals surface area contributed by atoms with Gasteiger partial charge in [0.15, 0.2) is 0 Å². The predicted octanol–water partition coefficient (Wildman–Crippen LogP) is 1.07. The summed E-state index contributed by atoms with van der Waals surface area (Å²) in [6, 6.07) is 7.24. The summed E-state index contributed by atoms with van der Waals surface area (Å²) in [6.45, 7) is 1.38. The van der Waals surface area contributed by atoms with Gasteiger partial charge in [-0.1, -0.05) is 37.1 Å². The highest BCUT2D eigenvalue weighted by atomic mass is 16.5. The monoisotopic (exact) mass is 234 g/mol. The van der Waals surface area contributed by atoms with E-state index in [1.807, 2.05) is 12.1 Å². The largest absolute Gasteiger partial charge is 0.488 e. The van der Waals surface area contributed by atoms with E-state index in [1.165, 1.54) is 25.7 Å². The van der Waals surface area contributed by atoms with Crippen LogP contribution in [0.2, 0.25) is 0 Å². The van der Waals surface area contributed by atoms with Gasteiger partial charge in [-0.25, -0.2) is 0 Å². The van der Waals surface area contributed by atoms with Gasteiger partial charge >= 0.3 is 7.12 Å². The van der Waals surface area contributed by atoms with Crippen molar-refractivity contribution in [2.75, 3.05) is 6.61 Å². The normalized spacial score (nSPS) is 16.4. The molecule has 0 aromatic heterocycles. The minimum atomic E-state index is -1.40. The smallest absolute Gasteiger partial charge is 0.423 e. The molecule has 1 fully saturated rings. The first kappa shape index (κ1) is 12.6. The third-order valence-electron chi connectivity index (χ3n) is 3.35. The Kier molecular flexibility index (Phi) is 4.60. The van der Waals surface area contributed by atoms with E-state index in [2.05, 4.69) is 0 Å². The van der Waals surface area contributed by atoms with E-state index in [0.29, 0.717) is 12.1 Å². The van der Waals surface area contributed by atoms with E-state index < -0.39 is 7.12 Å². The number of hydrogen-bond donors (Lipinski definition) is 2. The summed E-state index contributed by atoms with van der Waals surface area (Å²) < 4.78 is 5.68. The van der Waals surface area contributed by atoms with Crippen LogP contribution in [0.1, 0.15) is 31.2 Å². The Bertz CT molecular complexity index is 348. The fourth-order valence-corrected chi connectivity index (χ4v) is 2.36. The molecular formula is C13H19BO3. The molecule has 4 heteroatoms. The van der Waals surface area contributed by atoms with Crippen molar-refractivity contribution in [3.05, 3.63) is 29.8 Å². The molecule has 92 valence electrons. The molecule has 0 spiro atoms. The molecule has 0 amide bonds. The van der Waals surface area contributed by atoms with Gasteiger partial charge in [0.05, 0.1) is 6.61 Å². The Morgan fingerprint density at radius 3 is 2.71 bits per heavy atom. The second-order valence-corrected chi connectivity index (χ2v) is 4.78. The van der Waals surface area contributed by atoms with Gasteiger partial charge in [-0.05, 0) is 29.8 Å². The van der Waals surface area contributed by atoms with Crippen molar-refractivity contribution in [1.82, 2.24) is 0 Å².